The fraction of sp³-hybridized carbons (Fsp3) is 0.471. The van der Waals surface area contributed by atoms with Crippen molar-refractivity contribution in [2.24, 2.45) is 0 Å². The summed E-state index contributed by atoms with van der Waals surface area (Å²) >= 11 is 0. The van der Waals surface area contributed by atoms with E-state index in [1.807, 2.05) is 0 Å². The van der Waals surface area contributed by atoms with E-state index in [-0.39, 0.29) is 25.2 Å². The van der Waals surface area contributed by atoms with Crippen LogP contribution in [0.4, 0.5) is 9.59 Å². The molecule has 0 fully saturated rings. The van der Waals surface area contributed by atoms with Crippen molar-refractivity contribution in [3.63, 3.8) is 0 Å². The van der Waals surface area contributed by atoms with Crippen LogP contribution in [-0.4, -0.2) is 55.7 Å². The number of Topliss-reactive ketones (excluding diaryl/α,β-unsaturated/α-hetero) is 1. The minimum Gasteiger partial charge on any atom is -0.449 e. The van der Waals surface area contributed by atoms with Crippen molar-refractivity contribution >= 4 is 25.6 Å². The lowest BCUT2D eigenvalue weighted by molar-refractivity contribution is 0.0325. The fourth-order valence-electron chi connectivity index (χ4n) is 3.09. The molecule has 0 spiro atoms. The van der Waals surface area contributed by atoms with E-state index in [4.69, 9.17) is 18.5 Å². The van der Waals surface area contributed by atoms with Crippen molar-refractivity contribution in [3.05, 3.63) is 35.4 Å². The smallest absolute Gasteiger partial charge is 0.430 e. The fourth-order valence-corrected chi connectivity index (χ4v) is 4.95. The van der Waals surface area contributed by atoms with Crippen molar-refractivity contribution in [1.29, 1.82) is 0 Å². The maximum Gasteiger partial charge on any atom is 0.430 e. The highest BCUT2D eigenvalue weighted by Gasteiger charge is 2.66. The zero-order valence-corrected chi connectivity index (χ0v) is 17.0. The summed E-state index contributed by atoms with van der Waals surface area (Å²) in [5, 5.41) is -1.64. The number of rotatable bonds is 6. The summed E-state index contributed by atoms with van der Waals surface area (Å²) in [6.45, 7) is 3.07. The van der Waals surface area contributed by atoms with Crippen LogP contribution in [0, 0.1) is 0 Å². The van der Waals surface area contributed by atoms with Gasteiger partial charge in [-0.25, -0.2) is 15.0 Å². The Morgan fingerprint density at radius 1 is 1.14 bits per heavy atom. The van der Waals surface area contributed by atoms with Gasteiger partial charge in [-0.05, 0) is 19.4 Å². The molecule has 1 N–H and O–H groups in total. The Bertz CT molecular complexity index is 806. The Balaban J connectivity index is 2.68. The van der Waals surface area contributed by atoms with Gasteiger partial charge in [0.2, 0.25) is 11.1 Å². The van der Waals surface area contributed by atoms with Gasteiger partial charge in [-0.15, -0.1) is 0 Å². The van der Waals surface area contributed by atoms with Crippen LogP contribution in [-0.2, 0) is 29.5 Å². The number of ether oxygens (including phenoxy) is 2. The van der Waals surface area contributed by atoms with E-state index < -0.39 is 30.8 Å². The van der Waals surface area contributed by atoms with E-state index in [0.29, 0.717) is 10.6 Å². The van der Waals surface area contributed by atoms with Crippen LogP contribution in [0.5, 0.6) is 0 Å². The number of hydrogen-bond donors (Lipinski definition) is 1. The van der Waals surface area contributed by atoms with Gasteiger partial charge in [0, 0.05) is 26.2 Å². The number of hydrazine groups is 1. The summed E-state index contributed by atoms with van der Waals surface area (Å²) < 4.78 is 33.5. The molecule has 0 bridgehead atoms. The van der Waals surface area contributed by atoms with Crippen LogP contribution >= 0.6 is 7.60 Å². The lowest BCUT2D eigenvalue weighted by Crippen LogP contribution is -2.63. The molecule has 0 radical (unpaired) electrons. The van der Waals surface area contributed by atoms with Gasteiger partial charge >= 0.3 is 19.8 Å². The van der Waals surface area contributed by atoms with E-state index in [1.165, 1.54) is 6.07 Å². The van der Waals surface area contributed by atoms with Gasteiger partial charge in [-0.1, -0.05) is 24.3 Å². The van der Waals surface area contributed by atoms with Crippen LogP contribution in [0.25, 0.3) is 0 Å². The van der Waals surface area contributed by atoms with Crippen LogP contribution in [0.1, 0.15) is 29.8 Å². The Morgan fingerprint density at radius 3 is 2.29 bits per heavy atom. The van der Waals surface area contributed by atoms with E-state index >= 15 is 0 Å². The van der Waals surface area contributed by atoms with Gasteiger partial charge in [-0.3, -0.25) is 9.36 Å². The predicted octanol–water partition coefficient (Wildman–Crippen LogP) is 2.73. The van der Waals surface area contributed by atoms with Crippen LogP contribution in [0.2, 0.25) is 0 Å². The standard InChI is InChI=1S/C17H23N2O8P/c1-5-26-15(21)18-19(16(22)27-6-2)17(28(23,24-3)25-4)11-12-9-7-8-10-13(12)14(17)20/h7-10H,5-6,11H2,1-4H3,(H,18,21). The number of fused-ring (bicyclic) bond motifs is 1. The lowest BCUT2D eigenvalue weighted by atomic mass is 10.1. The molecule has 28 heavy (non-hydrogen) atoms. The molecule has 1 aliphatic rings. The SMILES string of the molecule is CCOC(=O)NN(C(=O)OCC)C1(P(=O)(OC)OC)Cc2ccccc2C1=O. The molecule has 1 aromatic carbocycles. The second kappa shape index (κ2) is 8.72. The molecule has 1 aromatic rings. The number of hydrogen-bond acceptors (Lipinski definition) is 8. The highest BCUT2D eigenvalue weighted by molar-refractivity contribution is 7.57. The van der Waals surface area contributed by atoms with Crippen LogP contribution in [0.3, 0.4) is 0 Å². The molecule has 0 aromatic heterocycles. The predicted molar refractivity (Wildman–Crippen MR) is 97.9 cm³/mol. The normalized spacial score (nSPS) is 18.4. The first-order chi connectivity index (χ1) is 13.3. The topological polar surface area (TPSA) is 120 Å². The zero-order valence-electron chi connectivity index (χ0n) is 16.1. The molecule has 10 nitrogen and oxygen atoms in total. The molecule has 0 aliphatic heterocycles. The Labute approximate surface area is 162 Å². The third kappa shape index (κ3) is 3.50. The summed E-state index contributed by atoms with van der Waals surface area (Å²) in [6, 6.07) is 6.51. The minimum absolute atomic E-state index is 0.00981. The molecule has 1 atom stereocenters. The molecule has 11 heteroatoms. The van der Waals surface area contributed by atoms with Gasteiger partial charge in [-0.2, -0.15) is 5.01 Å². The first kappa shape index (κ1) is 21.9. The van der Waals surface area contributed by atoms with Crippen molar-refractivity contribution in [3.8, 4) is 0 Å². The Morgan fingerprint density at radius 2 is 1.75 bits per heavy atom. The third-order valence-corrected chi connectivity index (χ3v) is 6.72. The molecule has 0 heterocycles. The summed E-state index contributed by atoms with van der Waals surface area (Å²) in [4.78, 5) is 38.2. The van der Waals surface area contributed by atoms with Crippen molar-refractivity contribution < 1.29 is 37.5 Å². The summed E-state index contributed by atoms with van der Waals surface area (Å²) in [6.07, 6.45) is -2.35. The molecular weight excluding hydrogens is 391 g/mol. The molecule has 154 valence electrons. The number of benzene rings is 1. The maximum absolute atomic E-state index is 13.5. The molecule has 1 aliphatic carbocycles. The lowest BCUT2D eigenvalue weighted by Gasteiger charge is -2.40. The first-order valence-corrected chi connectivity index (χ1v) is 10.1. The van der Waals surface area contributed by atoms with Crippen LogP contribution < -0.4 is 5.43 Å². The van der Waals surface area contributed by atoms with Gasteiger partial charge in [0.1, 0.15) is 0 Å². The molecular formula is C17H23N2O8P. The van der Waals surface area contributed by atoms with Crippen molar-refractivity contribution in [2.45, 2.75) is 25.5 Å². The number of ketones is 1. The second-order valence-electron chi connectivity index (χ2n) is 5.71. The van der Waals surface area contributed by atoms with Gasteiger partial charge in [0.05, 0.1) is 13.2 Å². The third-order valence-electron chi connectivity index (χ3n) is 4.30. The van der Waals surface area contributed by atoms with E-state index in [1.54, 1.807) is 32.0 Å². The average Bonchev–Trinajstić information content (AvgIpc) is 3.00. The van der Waals surface area contributed by atoms with Crippen LogP contribution in [0.15, 0.2) is 24.3 Å². The number of nitrogens with one attached hydrogen (secondary N) is 1. The monoisotopic (exact) mass is 414 g/mol. The molecule has 2 rings (SSSR count). The van der Waals surface area contributed by atoms with Crippen molar-refractivity contribution in [1.82, 2.24) is 10.4 Å². The number of nitrogens with zero attached hydrogens (tertiary/aromatic N) is 1. The Hall–Kier alpha value is -2.42. The number of amides is 2. The second-order valence-corrected chi connectivity index (χ2v) is 8.17. The van der Waals surface area contributed by atoms with Gasteiger partial charge in [0.15, 0.2) is 0 Å². The maximum atomic E-state index is 13.5. The summed E-state index contributed by atoms with van der Waals surface area (Å²) in [5.41, 5.74) is 2.92. The minimum atomic E-state index is -4.30. The molecule has 1 unspecified atom stereocenters. The van der Waals surface area contributed by atoms with Gasteiger partial charge < -0.3 is 18.5 Å². The molecule has 2 amide bonds. The Kier molecular flexibility index (Phi) is 6.82. The first-order valence-electron chi connectivity index (χ1n) is 8.56. The highest BCUT2D eigenvalue weighted by Crippen LogP contribution is 2.64. The van der Waals surface area contributed by atoms with E-state index in [0.717, 1.165) is 14.2 Å². The highest BCUT2D eigenvalue weighted by atomic mass is 31.2. The number of carbonyl (C=O) groups excluding carboxylic acids is 3. The number of carbonyl (C=O) groups is 3. The zero-order chi connectivity index (χ0) is 20.9. The van der Waals surface area contributed by atoms with E-state index in [2.05, 4.69) is 5.43 Å². The van der Waals surface area contributed by atoms with E-state index in [9.17, 15) is 18.9 Å². The molecule has 0 saturated heterocycles. The summed E-state index contributed by atoms with van der Waals surface area (Å²) in [5.74, 6) is -0.708. The molecule has 0 saturated carbocycles. The average molecular weight is 414 g/mol. The largest absolute Gasteiger partial charge is 0.449 e. The van der Waals surface area contributed by atoms with Crippen molar-refractivity contribution in [2.75, 3.05) is 27.4 Å². The quantitative estimate of drug-likeness (QED) is 0.557. The van der Waals surface area contributed by atoms with Gasteiger partial charge in [0.25, 0.3) is 0 Å². The summed E-state index contributed by atoms with van der Waals surface area (Å²) in [7, 11) is -2.12.